The minimum Gasteiger partial charge on any atom is -0.382 e. The Hall–Kier alpha value is -2.35. The molecule has 2 saturated carbocycles. The summed E-state index contributed by atoms with van der Waals surface area (Å²) in [5.74, 6) is 2.29. The third kappa shape index (κ3) is 4.86. The minimum atomic E-state index is -0.337. The molecule has 0 bridgehead atoms. The molecule has 4 rings (SSSR count). The van der Waals surface area contributed by atoms with Gasteiger partial charge in [0.2, 0.25) is 0 Å². The normalized spacial score (nSPS) is 17.5. The number of nitrogens with two attached hydrogens (primary N) is 2. The van der Waals surface area contributed by atoms with E-state index in [1.807, 2.05) is 13.0 Å². The summed E-state index contributed by atoms with van der Waals surface area (Å²) in [5, 5.41) is 0. The van der Waals surface area contributed by atoms with Gasteiger partial charge in [-0.05, 0) is 44.6 Å². The lowest BCUT2D eigenvalue weighted by atomic mass is 9.94. The molecule has 2 aliphatic carbocycles. The van der Waals surface area contributed by atoms with Crippen LogP contribution in [0.3, 0.4) is 0 Å². The fourth-order valence-corrected chi connectivity index (χ4v) is 4.59. The van der Waals surface area contributed by atoms with Crippen molar-refractivity contribution in [3.63, 3.8) is 0 Å². The maximum absolute atomic E-state index is 11.9. The number of primary amides is 1. The van der Waals surface area contributed by atoms with Gasteiger partial charge in [0.25, 0.3) is 0 Å². The van der Waals surface area contributed by atoms with Crippen LogP contribution in [0.1, 0.15) is 56.5 Å². The van der Waals surface area contributed by atoms with Crippen molar-refractivity contribution in [1.29, 1.82) is 0 Å². The second-order valence-electron chi connectivity index (χ2n) is 8.78. The van der Waals surface area contributed by atoms with Gasteiger partial charge < -0.3 is 25.7 Å². The molecule has 30 heavy (non-hydrogen) atoms. The Morgan fingerprint density at radius 1 is 1.20 bits per heavy atom. The summed E-state index contributed by atoms with van der Waals surface area (Å²) in [6, 6.07) is 1.98. The van der Waals surface area contributed by atoms with Crippen molar-refractivity contribution in [2.75, 3.05) is 25.5 Å². The van der Waals surface area contributed by atoms with E-state index in [-0.39, 0.29) is 12.1 Å². The lowest BCUT2D eigenvalue weighted by Gasteiger charge is -2.33. The summed E-state index contributed by atoms with van der Waals surface area (Å²) in [4.78, 5) is 22.8. The van der Waals surface area contributed by atoms with Gasteiger partial charge in [0.1, 0.15) is 11.3 Å². The molecule has 0 radical (unpaired) electrons. The van der Waals surface area contributed by atoms with E-state index in [2.05, 4.69) is 9.55 Å². The van der Waals surface area contributed by atoms with Gasteiger partial charge in [-0.25, -0.2) is 14.8 Å². The van der Waals surface area contributed by atoms with Crippen LogP contribution >= 0.6 is 0 Å². The van der Waals surface area contributed by atoms with Crippen LogP contribution in [0, 0.1) is 12.8 Å². The number of amides is 2. The lowest BCUT2D eigenvalue weighted by Crippen LogP contribution is -2.46. The molecule has 164 valence electrons. The first kappa shape index (κ1) is 20.9. The number of hydrogen-bond donors (Lipinski definition) is 2. The van der Waals surface area contributed by atoms with E-state index in [0.29, 0.717) is 32.1 Å². The van der Waals surface area contributed by atoms with Crippen molar-refractivity contribution in [2.45, 2.75) is 70.9 Å². The highest BCUT2D eigenvalue weighted by molar-refractivity contribution is 5.85. The highest BCUT2D eigenvalue weighted by Crippen LogP contribution is 2.33. The number of fused-ring (bicyclic) bond motifs is 1. The number of nitrogens with zero attached hydrogens (tertiary/aromatic N) is 4. The Bertz CT molecular complexity index is 885. The second-order valence-corrected chi connectivity index (χ2v) is 8.78. The fourth-order valence-electron chi connectivity index (χ4n) is 4.59. The van der Waals surface area contributed by atoms with E-state index >= 15 is 0 Å². The fraction of sp³-hybridized carbons (Fsp3) is 0.682. The van der Waals surface area contributed by atoms with E-state index in [1.54, 1.807) is 4.90 Å². The lowest BCUT2D eigenvalue weighted by molar-refractivity contribution is 0.0877. The number of rotatable bonds is 9. The topological polar surface area (TPSA) is 112 Å². The maximum atomic E-state index is 11.9. The summed E-state index contributed by atoms with van der Waals surface area (Å²) in [6.45, 7) is 4.26. The molecule has 4 N–H and O–H groups in total. The Morgan fingerprint density at radius 3 is 2.67 bits per heavy atom. The number of aryl methyl sites for hydroxylation is 1. The molecule has 0 aromatic carbocycles. The molecule has 0 saturated heterocycles. The van der Waals surface area contributed by atoms with Crippen LogP contribution in [0.2, 0.25) is 0 Å². The second kappa shape index (κ2) is 9.20. The highest BCUT2D eigenvalue weighted by atomic mass is 16.5. The first-order valence-corrected chi connectivity index (χ1v) is 11.3. The van der Waals surface area contributed by atoms with Gasteiger partial charge in [-0.3, -0.25) is 0 Å². The van der Waals surface area contributed by atoms with E-state index < -0.39 is 0 Å². The molecule has 2 aliphatic rings. The standard InChI is InChI=1S/C22H34N6O2/c1-15-13-18-20(21(23)25-15)26-19(14-16-7-8-16)28(18)10-12-30-11-9-27(22(24)29)17-5-3-2-4-6-17/h13,16-17H,2-12,14H2,1H3,(H2,23,25)(H2,24,29). The molecule has 2 aromatic heterocycles. The molecule has 8 heteroatoms. The number of aromatic nitrogens is 3. The average molecular weight is 415 g/mol. The van der Waals surface area contributed by atoms with Crippen molar-refractivity contribution >= 4 is 22.9 Å². The molecule has 0 unspecified atom stereocenters. The Kier molecular flexibility index (Phi) is 6.41. The average Bonchev–Trinajstić information content (AvgIpc) is 3.47. The van der Waals surface area contributed by atoms with Crippen molar-refractivity contribution in [3.05, 3.63) is 17.6 Å². The van der Waals surface area contributed by atoms with E-state index in [9.17, 15) is 4.79 Å². The van der Waals surface area contributed by atoms with E-state index in [1.165, 1.54) is 32.1 Å². The number of nitrogen functional groups attached to an aromatic ring is 1. The first-order chi connectivity index (χ1) is 14.5. The number of hydrogen-bond acceptors (Lipinski definition) is 5. The molecule has 2 fully saturated rings. The molecular formula is C22H34N6O2. The molecule has 2 heterocycles. The van der Waals surface area contributed by atoms with Crippen molar-refractivity contribution in [3.8, 4) is 0 Å². The Balaban J connectivity index is 1.36. The van der Waals surface area contributed by atoms with Crippen LogP contribution in [0.15, 0.2) is 6.07 Å². The zero-order chi connectivity index (χ0) is 21.1. The van der Waals surface area contributed by atoms with Gasteiger partial charge in [0.15, 0.2) is 5.82 Å². The van der Waals surface area contributed by atoms with Crippen molar-refractivity contribution < 1.29 is 9.53 Å². The molecule has 0 spiro atoms. The zero-order valence-corrected chi connectivity index (χ0v) is 18.0. The van der Waals surface area contributed by atoms with E-state index in [4.69, 9.17) is 21.2 Å². The number of imidazole rings is 1. The van der Waals surface area contributed by atoms with E-state index in [0.717, 1.165) is 47.7 Å². The maximum Gasteiger partial charge on any atom is 0.315 e. The van der Waals surface area contributed by atoms with Gasteiger partial charge in [-0.1, -0.05) is 19.3 Å². The number of anilines is 1. The van der Waals surface area contributed by atoms with Crippen LogP contribution in [0.4, 0.5) is 10.6 Å². The van der Waals surface area contributed by atoms with Gasteiger partial charge in [-0.15, -0.1) is 0 Å². The van der Waals surface area contributed by atoms with Gasteiger partial charge in [0, 0.05) is 31.2 Å². The predicted octanol–water partition coefficient (Wildman–Crippen LogP) is 3.00. The first-order valence-electron chi connectivity index (χ1n) is 11.3. The Morgan fingerprint density at radius 2 is 1.97 bits per heavy atom. The van der Waals surface area contributed by atoms with Crippen LogP contribution in [0.5, 0.6) is 0 Å². The minimum absolute atomic E-state index is 0.265. The Labute approximate surface area is 178 Å². The third-order valence-corrected chi connectivity index (χ3v) is 6.37. The monoisotopic (exact) mass is 414 g/mol. The molecule has 8 nitrogen and oxygen atoms in total. The quantitative estimate of drug-likeness (QED) is 0.613. The van der Waals surface area contributed by atoms with Gasteiger partial charge >= 0.3 is 6.03 Å². The summed E-state index contributed by atoms with van der Waals surface area (Å²) < 4.78 is 8.15. The summed E-state index contributed by atoms with van der Waals surface area (Å²) in [7, 11) is 0. The predicted molar refractivity (Wildman–Crippen MR) is 117 cm³/mol. The van der Waals surface area contributed by atoms with Crippen molar-refractivity contribution in [2.24, 2.45) is 11.7 Å². The molecule has 2 amide bonds. The van der Waals surface area contributed by atoms with Crippen LogP contribution in [-0.2, 0) is 17.7 Å². The highest BCUT2D eigenvalue weighted by Gasteiger charge is 2.26. The number of pyridine rings is 1. The third-order valence-electron chi connectivity index (χ3n) is 6.37. The molecule has 2 aromatic rings. The number of carbonyl (C=O) groups is 1. The largest absolute Gasteiger partial charge is 0.382 e. The smallest absolute Gasteiger partial charge is 0.315 e. The molecular weight excluding hydrogens is 380 g/mol. The van der Waals surface area contributed by atoms with Gasteiger partial charge in [0.05, 0.1) is 18.7 Å². The van der Waals surface area contributed by atoms with Gasteiger partial charge in [-0.2, -0.15) is 0 Å². The van der Waals surface area contributed by atoms with Crippen LogP contribution in [0.25, 0.3) is 11.0 Å². The van der Waals surface area contributed by atoms with Crippen molar-refractivity contribution in [1.82, 2.24) is 19.4 Å². The van der Waals surface area contributed by atoms with Crippen LogP contribution < -0.4 is 11.5 Å². The molecule has 0 atom stereocenters. The summed E-state index contributed by atoms with van der Waals surface area (Å²) in [5.41, 5.74) is 14.5. The number of urea groups is 1. The zero-order valence-electron chi connectivity index (χ0n) is 18.0. The summed E-state index contributed by atoms with van der Waals surface area (Å²) >= 11 is 0. The molecule has 0 aliphatic heterocycles. The number of carbonyl (C=O) groups excluding carboxylic acids is 1. The van der Waals surface area contributed by atoms with Crippen LogP contribution in [-0.4, -0.2) is 51.3 Å². The number of ether oxygens (including phenoxy) is 1. The summed E-state index contributed by atoms with van der Waals surface area (Å²) in [6.07, 6.45) is 9.21. The SMILES string of the molecule is Cc1cc2c(nc(CC3CC3)n2CCOCCN(C(N)=O)C2CCCCC2)c(N)n1.